The number of nitrogens with one attached hydrogen (secondary N) is 1. The molecule has 1 aliphatic rings. The summed E-state index contributed by atoms with van der Waals surface area (Å²) >= 11 is 0. The van der Waals surface area contributed by atoms with Gasteiger partial charge in [0.15, 0.2) is 6.10 Å². The van der Waals surface area contributed by atoms with Crippen LogP contribution in [0.3, 0.4) is 0 Å². The number of nitrogens with zero attached hydrogens (tertiary/aromatic N) is 1. The van der Waals surface area contributed by atoms with Gasteiger partial charge in [0.1, 0.15) is 6.54 Å². The quantitative estimate of drug-likeness (QED) is 0.742. The van der Waals surface area contributed by atoms with Gasteiger partial charge in [0.2, 0.25) is 10.0 Å². The van der Waals surface area contributed by atoms with Gasteiger partial charge in [0.25, 0.3) is 5.91 Å². The molecule has 1 aromatic carbocycles. The van der Waals surface area contributed by atoms with Crippen LogP contribution >= 0.6 is 0 Å². The number of aryl methyl sites for hydroxylation is 2. The molecule has 1 fully saturated rings. The van der Waals surface area contributed by atoms with Gasteiger partial charge < -0.3 is 9.64 Å². The average Bonchev–Trinajstić information content (AvgIpc) is 2.91. The highest BCUT2D eigenvalue weighted by Crippen LogP contribution is 2.15. The van der Waals surface area contributed by atoms with Crippen molar-refractivity contribution in [1.29, 1.82) is 0 Å². The van der Waals surface area contributed by atoms with Gasteiger partial charge in [-0.05, 0) is 56.9 Å². The Morgan fingerprint density at radius 2 is 1.74 bits per heavy atom. The number of esters is 1. The third-order valence-electron chi connectivity index (χ3n) is 4.77. The van der Waals surface area contributed by atoms with Gasteiger partial charge in [-0.25, -0.2) is 8.42 Å². The van der Waals surface area contributed by atoms with Crippen molar-refractivity contribution in [2.45, 2.75) is 57.5 Å². The average molecular weight is 397 g/mol. The predicted octanol–water partition coefficient (Wildman–Crippen LogP) is 1.92. The van der Waals surface area contributed by atoms with Crippen LogP contribution in [0.4, 0.5) is 0 Å². The lowest BCUT2D eigenvalue weighted by molar-refractivity contribution is -0.158. The number of hydrogen-bond acceptors (Lipinski definition) is 5. The van der Waals surface area contributed by atoms with Gasteiger partial charge >= 0.3 is 5.97 Å². The Morgan fingerprint density at radius 1 is 1.11 bits per heavy atom. The monoisotopic (exact) mass is 396 g/mol. The summed E-state index contributed by atoms with van der Waals surface area (Å²) in [5.41, 5.74) is 1.83. The number of likely N-dealkylation sites (tertiary alicyclic amines) is 1. The van der Waals surface area contributed by atoms with Crippen molar-refractivity contribution in [2.24, 2.45) is 0 Å². The van der Waals surface area contributed by atoms with Gasteiger partial charge in [0.05, 0.1) is 4.90 Å². The molecule has 1 amide bonds. The minimum atomic E-state index is -3.82. The highest BCUT2D eigenvalue weighted by Gasteiger charge is 2.25. The van der Waals surface area contributed by atoms with Crippen molar-refractivity contribution < 1.29 is 22.7 Å². The second kappa shape index (κ2) is 9.32. The van der Waals surface area contributed by atoms with Gasteiger partial charge in [-0.15, -0.1) is 0 Å². The van der Waals surface area contributed by atoms with E-state index in [0.717, 1.165) is 36.8 Å². The van der Waals surface area contributed by atoms with E-state index < -0.39 is 28.6 Å². The Bertz CT molecular complexity index is 783. The number of amides is 1. The van der Waals surface area contributed by atoms with E-state index in [4.69, 9.17) is 4.74 Å². The van der Waals surface area contributed by atoms with Crippen molar-refractivity contribution in [3.05, 3.63) is 29.3 Å². The number of carbonyl (C=O) groups excluding carboxylic acids is 2. The molecule has 0 saturated carbocycles. The highest BCUT2D eigenvalue weighted by molar-refractivity contribution is 7.89. The minimum absolute atomic E-state index is 0.0899. The Balaban J connectivity index is 1.88. The Kier molecular flexibility index (Phi) is 7.38. The smallest absolute Gasteiger partial charge is 0.321 e. The van der Waals surface area contributed by atoms with Crippen LogP contribution in [0.5, 0.6) is 0 Å². The van der Waals surface area contributed by atoms with Crippen LogP contribution in [-0.2, 0) is 24.3 Å². The molecular weight excluding hydrogens is 368 g/mol. The van der Waals surface area contributed by atoms with Crippen LogP contribution in [0.1, 0.15) is 43.7 Å². The Hall–Kier alpha value is -1.93. The lowest BCUT2D eigenvalue weighted by Gasteiger charge is -2.24. The largest absolute Gasteiger partial charge is 0.452 e. The summed E-state index contributed by atoms with van der Waals surface area (Å²) in [6, 6.07) is 4.75. The molecule has 1 aromatic rings. The lowest BCUT2D eigenvalue weighted by atomic mass is 10.1. The fourth-order valence-corrected chi connectivity index (χ4v) is 4.01. The second-order valence-corrected chi connectivity index (χ2v) is 8.71. The maximum absolute atomic E-state index is 12.4. The Labute approximate surface area is 161 Å². The third-order valence-corrected chi connectivity index (χ3v) is 6.17. The normalized spacial score (nSPS) is 16.5. The van der Waals surface area contributed by atoms with Gasteiger partial charge in [-0.1, -0.05) is 18.9 Å². The summed E-state index contributed by atoms with van der Waals surface area (Å²) in [6.45, 7) is 6.04. The van der Waals surface area contributed by atoms with Crippen molar-refractivity contribution in [1.82, 2.24) is 9.62 Å². The van der Waals surface area contributed by atoms with E-state index in [1.165, 1.54) is 13.0 Å². The first kappa shape index (κ1) is 21.4. The summed E-state index contributed by atoms with van der Waals surface area (Å²) in [5.74, 6) is -1.01. The summed E-state index contributed by atoms with van der Waals surface area (Å²) in [6.07, 6.45) is 3.16. The number of hydrogen-bond donors (Lipinski definition) is 1. The zero-order valence-corrected chi connectivity index (χ0v) is 17.0. The standard InChI is InChI=1S/C19H28N2O5S/c1-14-8-9-17(12-15(14)2)27(24,25)20-13-18(22)26-16(3)19(23)21-10-6-4-5-7-11-21/h8-9,12,16,20H,4-7,10-11,13H2,1-3H3/t16-/m1/s1. The van der Waals surface area contributed by atoms with Crippen molar-refractivity contribution >= 4 is 21.9 Å². The maximum Gasteiger partial charge on any atom is 0.321 e. The molecule has 0 radical (unpaired) electrons. The molecule has 1 N–H and O–H groups in total. The van der Waals surface area contributed by atoms with Gasteiger partial charge in [0, 0.05) is 13.1 Å². The molecule has 1 heterocycles. The molecule has 1 saturated heterocycles. The topological polar surface area (TPSA) is 92.8 Å². The van der Waals surface area contributed by atoms with E-state index in [-0.39, 0.29) is 10.8 Å². The second-order valence-electron chi connectivity index (χ2n) is 6.94. The number of sulfonamides is 1. The van der Waals surface area contributed by atoms with Crippen LogP contribution in [-0.4, -0.2) is 50.9 Å². The first-order valence-electron chi connectivity index (χ1n) is 9.26. The van der Waals surface area contributed by atoms with Crippen LogP contribution in [0, 0.1) is 13.8 Å². The van der Waals surface area contributed by atoms with E-state index in [0.29, 0.717) is 13.1 Å². The van der Waals surface area contributed by atoms with E-state index >= 15 is 0 Å². The highest BCUT2D eigenvalue weighted by atomic mass is 32.2. The van der Waals surface area contributed by atoms with Crippen LogP contribution < -0.4 is 4.72 Å². The van der Waals surface area contributed by atoms with Crippen LogP contribution in [0.2, 0.25) is 0 Å². The summed E-state index contributed by atoms with van der Waals surface area (Å²) in [5, 5.41) is 0. The maximum atomic E-state index is 12.4. The van der Waals surface area contributed by atoms with Gasteiger partial charge in [-0.2, -0.15) is 4.72 Å². The zero-order chi connectivity index (χ0) is 20.0. The molecule has 2 rings (SSSR count). The summed E-state index contributed by atoms with van der Waals surface area (Å²) in [4.78, 5) is 26.2. The molecular formula is C19H28N2O5S. The Morgan fingerprint density at radius 3 is 2.33 bits per heavy atom. The van der Waals surface area contributed by atoms with E-state index in [1.807, 2.05) is 13.8 Å². The molecule has 150 valence electrons. The molecule has 0 unspecified atom stereocenters. The third kappa shape index (κ3) is 6.04. The van der Waals surface area contributed by atoms with E-state index in [2.05, 4.69) is 4.72 Å². The zero-order valence-electron chi connectivity index (χ0n) is 16.2. The molecule has 0 aromatic heterocycles. The van der Waals surface area contributed by atoms with E-state index in [9.17, 15) is 18.0 Å². The van der Waals surface area contributed by atoms with Crippen molar-refractivity contribution in [3.8, 4) is 0 Å². The SMILES string of the molecule is Cc1ccc(S(=O)(=O)NCC(=O)O[C@H](C)C(=O)N2CCCCCC2)cc1C. The number of rotatable bonds is 6. The first-order chi connectivity index (χ1) is 12.7. The van der Waals surface area contributed by atoms with Crippen LogP contribution in [0.25, 0.3) is 0 Å². The van der Waals surface area contributed by atoms with Gasteiger partial charge in [-0.3, -0.25) is 9.59 Å². The van der Waals surface area contributed by atoms with Crippen molar-refractivity contribution in [2.75, 3.05) is 19.6 Å². The minimum Gasteiger partial charge on any atom is -0.452 e. The molecule has 1 aliphatic heterocycles. The number of benzene rings is 1. The fraction of sp³-hybridized carbons (Fsp3) is 0.579. The molecule has 1 atom stereocenters. The summed E-state index contributed by atoms with van der Waals surface area (Å²) in [7, 11) is -3.82. The van der Waals surface area contributed by atoms with E-state index in [1.54, 1.807) is 17.0 Å². The fourth-order valence-electron chi connectivity index (χ4n) is 2.96. The lowest BCUT2D eigenvalue weighted by Crippen LogP contribution is -2.42. The summed E-state index contributed by atoms with van der Waals surface area (Å²) < 4.78 is 32.0. The number of carbonyl (C=O) groups is 2. The molecule has 7 nitrogen and oxygen atoms in total. The molecule has 8 heteroatoms. The number of ether oxygens (including phenoxy) is 1. The molecule has 0 aliphatic carbocycles. The van der Waals surface area contributed by atoms with Crippen LogP contribution in [0.15, 0.2) is 23.1 Å². The first-order valence-corrected chi connectivity index (χ1v) is 10.7. The predicted molar refractivity (Wildman–Crippen MR) is 102 cm³/mol. The molecule has 0 spiro atoms. The molecule has 0 bridgehead atoms. The van der Waals surface area contributed by atoms with Crippen molar-refractivity contribution in [3.63, 3.8) is 0 Å². The molecule has 27 heavy (non-hydrogen) atoms.